The molecular weight excluding hydrogens is 398 g/mol. The number of hydrogen-bond donors (Lipinski definition) is 2. The van der Waals surface area contributed by atoms with Gasteiger partial charge >= 0.3 is 0 Å². The van der Waals surface area contributed by atoms with E-state index >= 15 is 0 Å². The standard InChI is InChI=1S/C23H19N3O3S/c27-21(15-30-23-25-20-9-5-4-8-19(20)22(28)26-23)24-17-10-12-18(13-11-17)29-14-16-6-2-1-3-7-16/h1-13H,14-15H2,(H,24,27)(H,25,26,28). The van der Waals surface area contributed by atoms with Gasteiger partial charge in [-0.2, -0.15) is 0 Å². The number of H-pyrrole nitrogens is 1. The van der Waals surface area contributed by atoms with Crippen LogP contribution in [0.2, 0.25) is 0 Å². The van der Waals surface area contributed by atoms with Crippen LogP contribution in [0.3, 0.4) is 0 Å². The summed E-state index contributed by atoms with van der Waals surface area (Å²) in [6.45, 7) is 0.486. The summed E-state index contributed by atoms with van der Waals surface area (Å²) in [6, 6.07) is 24.2. The second-order valence-corrected chi connectivity index (χ2v) is 7.49. The van der Waals surface area contributed by atoms with E-state index in [2.05, 4.69) is 15.3 Å². The highest BCUT2D eigenvalue weighted by atomic mass is 32.2. The van der Waals surface area contributed by atoms with Crippen molar-refractivity contribution in [1.82, 2.24) is 9.97 Å². The van der Waals surface area contributed by atoms with Crippen molar-refractivity contribution in [2.45, 2.75) is 11.8 Å². The third-order valence-electron chi connectivity index (χ3n) is 4.32. The molecule has 0 radical (unpaired) electrons. The minimum Gasteiger partial charge on any atom is -0.489 e. The SMILES string of the molecule is O=C(CSc1nc2ccccc2c(=O)[nH]1)Nc1ccc(OCc2ccccc2)cc1. The van der Waals surface area contributed by atoms with E-state index in [0.717, 1.165) is 11.3 Å². The van der Waals surface area contributed by atoms with E-state index in [1.165, 1.54) is 11.8 Å². The number of benzene rings is 3. The van der Waals surface area contributed by atoms with Crippen LogP contribution in [0.5, 0.6) is 5.75 Å². The molecule has 7 heteroatoms. The van der Waals surface area contributed by atoms with Crippen LogP contribution in [0.25, 0.3) is 10.9 Å². The summed E-state index contributed by atoms with van der Waals surface area (Å²) >= 11 is 1.18. The molecule has 0 atom stereocenters. The Kier molecular flexibility index (Phi) is 6.10. The lowest BCUT2D eigenvalue weighted by Gasteiger charge is -2.08. The van der Waals surface area contributed by atoms with Gasteiger partial charge in [-0.15, -0.1) is 0 Å². The Labute approximate surface area is 177 Å². The maximum absolute atomic E-state index is 12.2. The molecule has 3 aromatic carbocycles. The molecule has 0 saturated heterocycles. The van der Waals surface area contributed by atoms with E-state index < -0.39 is 0 Å². The van der Waals surface area contributed by atoms with Gasteiger partial charge in [-0.1, -0.05) is 54.2 Å². The number of ether oxygens (including phenoxy) is 1. The normalized spacial score (nSPS) is 10.7. The molecule has 0 aliphatic heterocycles. The summed E-state index contributed by atoms with van der Waals surface area (Å²) in [5.41, 5.74) is 2.16. The zero-order chi connectivity index (χ0) is 20.8. The van der Waals surface area contributed by atoms with Crippen LogP contribution in [-0.4, -0.2) is 21.6 Å². The molecule has 4 aromatic rings. The van der Waals surface area contributed by atoms with Gasteiger partial charge in [0, 0.05) is 5.69 Å². The molecule has 0 saturated carbocycles. The topological polar surface area (TPSA) is 84.1 Å². The maximum Gasteiger partial charge on any atom is 0.259 e. The second-order valence-electron chi connectivity index (χ2n) is 6.52. The maximum atomic E-state index is 12.2. The lowest BCUT2D eigenvalue weighted by molar-refractivity contribution is -0.113. The van der Waals surface area contributed by atoms with Crippen molar-refractivity contribution in [3.63, 3.8) is 0 Å². The van der Waals surface area contributed by atoms with Gasteiger partial charge in [-0.25, -0.2) is 4.98 Å². The van der Waals surface area contributed by atoms with E-state index in [9.17, 15) is 9.59 Å². The Balaban J connectivity index is 1.30. The molecule has 1 amide bonds. The zero-order valence-corrected chi connectivity index (χ0v) is 16.8. The number of aromatic nitrogens is 2. The number of rotatable bonds is 7. The first-order valence-corrected chi connectivity index (χ1v) is 10.3. The molecular formula is C23H19N3O3S. The molecule has 0 bridgehead atoms. The Morgan fingerprint density at radius 1 is 0.967 bits per heavy atom. The van der Waals surface area contributed by atoms with Gasteiger partial charge in [0.05, 0.1) is 16.7 Å². The molecule has 0 aliphatic carbocycles. The number of carbonyl (C=O) groups is 1. The summed E-state index contributed by atoms with van der Waals surface area (Å²) in [5.74, 6) is 0.672. The van der Waals surface area contributed by atoms with E-state index in [-0.39, 0.29) is 17.2 Å². The first kappa shape index (κ1) is 19.7. The summed E-state index contributed by atoms with van der Waals surface area (Å²) in [7, 11) is 0. The molecule has 30 heavy (non-hydrogen) atoms. The number of aromatic amines is 1. The summed E-state index contributed by atoms with van der Waals surface area (Å²) in [5, 5.41) is 3.77. The third-order valence-corrected chi connectivity index (χ3v) is 5.19. The van der Waals surface area contributed by atoms with Gasteiger partial charge in [0.2, 0.25) is 5.91 Å². The Hall–Kier alpha value is -3.58. The molecule has 0 aliphatic rings. The van der Waals surface area contributed by atoms with Gasteiger partial charge in [-0.05, 0) is 42.0 Å². The van der Waals surface area contributed by atoms with Crippen molar-refractivity contribution in [1.29, 1.82) is 0 Å². The van der Waals surface area contributed by atoms with Crippen LogP contribution < -0.4 is 15.6 Å². The highest BCUT2D eigenvalue weighted by Gasteiger charge is 2.08. The fourth-order valence-corrected chi connectivity index (χ4v) is 3.51. The number of nitrogens with one attached hydrogen (secondary N) is 2. The molecule has 2 N–H and O–H groups in total. The van der Waals surface area contributed by atoms with Crippen LogP contribution in [0.15, 0.2) is 88.8 Å². The number of anilines is 1. The minimum atomic E-state index is -0.213. The molecule has 0 unspecified atom stereocenters. The molecule has 4 rings (SSSR count). The predicted octanol–water partition coefficient (Wildman–Crippen LogP) is 4.23. The van der Waals surface area contributed by atoms with Crippen molar-refractivity contribution in [2.75, 3.05) is 11.1 Å². The molecule has 1 heterocycles. The van der Waals surface area contributed by atoms with Crippen molar-refractivity contribution in [3.05, 3.63) is 94.8 Å². The predicted molar refractivity (Wildman–Crippen MR) is 119 cm³/mol. The highest BCUT2D eigenvalue weighted by molar-refractivity contribution is 7.99. The number of fused-ring (bicyclic) bond motifs is 1. The van der Waals surface area contributed by atoms with Gasteiger partial charge < -0.3 is 15.0 Å². The van der Waals surface area contributed by atoms with Crippen molar-refractivity contribution >= 4 is 34.3 Å². The number of amides is 1. The number of hydrogen-bond acceptors (Lipinski definition) is 5. The fourth-order valence-electron chi connectivity index (χ4n) is 2.84. The van der Waals surface area contributed by atoms with Crippen molar-refractivity contribution < 1.29 is 9.53 Å². The second kappa shape index (κ2) is 9.28. The van der Waals surface area contributed by atoms with Crippen LogP contribution in [0.1, 0.15) is 5.56 Å². The first-order valence-electron chi connectivity index (χ1n) is 9.36. The monoisotopic (exact) mass is 417 g/mol. The fraction of sp³-hybridized carbons (Fsp3) is 0.0870. The minimum absolute atomic E-state index is 0.132. The van der Waals surface area contributed by atoms with Crippen LogP contribution in [0.4, 0.5) is 5.69 Å². The van der Waals surface area contributed by atoms with E-state index in [1.54, 1.807) is 30.3 Å². The van der Waals surface area contributed by atoms with Gasteiger partial charge in [0.15, 0.2) is 5.16 Å². The van der Waals surface area contributed by atoms with E-state index in [4.69, 9.17) is 4.74 Å². The third kappa shape index (κ3) is 5.07. The Bertz CT molecular complexity index is 1210. The number of nitrogens with zero attached hydrogens (tertiary/aromatic N) is 1. The van der Waals surface area contributed by atoms with Crippen molar-refractivity contribution in [3.8, 4) is 5.75 Å². The highest BCUT2D eigenvalue weighted by Crippen LogP contribution is 2.19. The first-order chi connectivity index (χ1) is 14.7. The number of para-hydroxylation sites is 1. The van der Waals surface area contributed by atoms with Gasteiger partial charge in [0.25, 0.3) is 5.56 Å². The van der Waals surface area contributed by atoms with Crippen molar-refractivity contribution in [2.24, 2.45) is 0 Å². The average Bonchev–Trinajstić information content (AvgIpc) is 2.78. The van der Waals surface area contributed by atoms with Gasteiger partial charge in [-0.3, -0.25) is 9.59 Å². The van der Waals surface area contributed by atoms with Crippen LogP contribution in [0, 0.1) is 0 Å². The molecule has 0 fully saturated rings. The number of thioether (sulfide) groups is 1. The smallest absolute Gasteiger partial charge is 0.259 e. The summed E-state index contributed by atoms with van der Waals surface area (Å²) < 4.78 is 5.74. The largest absolute Gasteiger partial charge is 0.489 e. The lowest BCUT2D eigenvalue weighted by atomic mass is 10.2. The molecule has 1 aromatic heterocycles. The molecule has 0 spiro atoms. The Morgan fingerprint density at radius 2 is 1.70 bits per heavy atom. The lowest BCUT2D eigenvalue weighted by Crippen LogP contribution is -2.15. The quantitative estimate of drug-likeness (QED) is 0.347. The Morgan fingerprint density at radius 3 is 2.50 bits per heavy atom. The van der Waals surface area contributed by atoms with E-state index in [1.807, 2.05) is 48.5 Å². The van der Waals surface area contributed by atoms with E-state index in [0.29, 0.717) is 28.4 Å². The van der Waals surface area contributed by atoms with Crippen LogP contribution in [-0.2, 0) is 11.4 Å². The summed E-state index contributed by atoms with van der Waals surface area (Å²) in [4.78, 5) is 31.4. The molecule has 6 nitrogen and oxygen atoms in total. The molecule has 150 valence electrons. The van der Waals surface area contributed by atoms with Gasteiger partial charge in [0.1, 0.15) is 12.4 Å². The van der Waals surface area contributed by atoms with Crippen LogP contribution >= 0.6 is 11.8 Å². The zero-order valence-electron chi connectivity index (χ0n) is 16.0. The number of carbonyl (C=O) groups excluding carboxylic acids is 1. The summed E-state index contributed by atoms with van der Waals surface area (Å²) in [6.07, 6.45) is 0. The average molecular weight is 417 g/mol.